The number of rotatable bonds is 3. The lowest BCUT2D eigenvalue weighted by molar-refractivity contribution is -0.153. The lowest BCUT2D eigenvalue weighted by atomic mass is 9.68. The minimum Gasteiger partial charge on any atom is -0.465 e. The molecule has 1 aliphatic heterocycles. The van der Waals surface area contributed by atoms with Crippen molar-refractivity contribution in [3.05, 3.63) is 12.2 Å². The molecule has 0 aromatic rings. The molecule has 24 heavy (non-hydrogen) atoms. The van der Waals surface area contributed by atoms with Gasteiger partial charge in [-0.2, -0.15) is 0 Å². The van der Waals surface area contributed by atoms with Gasteiger partial charge in [0.25, 0.3) is 0 Å². The van der Waals surface area contributed by atoms with Crippen LogP contribution in [0.1, 0.15) is 46.5 Å². The molecule has 0 aromatic carbocycles. The zero-order chi connectivity index (χ0) is 17.6. The summed E-state index contributed by atoms with van der Waals surface area (Å²) in [4.78, 5) is 36.5. The summed E-state index contributed by atoms with van der Waals surface area (Å²) >= 11 is 0. The van der Waals surface area contributed by atoms with Gasteiger partial charge in [-0.3, -0.25) is 9.59 Å². The van der Waals surface area contributed by atoms with Crippen molar-refractivity contribution in [1.82, 2.24) is 0 Å². The van der Waals surface area contributed by atoms with Crippen LogP contribution in [-0.4, -0.2) is 30.4 Å². The van der Waals surface area contributed by atoms with Crippen LogP contribution in [0.2, 0.25) is 0 Å². The highest BCUT2D eigenvalue weighted by Gasteiger charge is 2.61. The molecule has 0 bridgehead atoms. The molecule has 3 fully saturated rings. The van der Waals surface area contributed by atoms with E-state index in [1.807, 2.05) is 20.8 Å². The van der Waals surface area contributed by atoms with Gasteiger partial charge in [0, 0.05) is 17.9 Å². The highest BCUT2D eigenvalue weighted by atomic mass is 16.6. The zero-order valence-corrected chi connectivity index (χ0v) is 14.7. The summed E-state index contributed by atoms with van der Waals surface area (Å²) in [6.07, 6.45) is 2.42. The first kappa shape index (κ1) is 17.2. The smallest absolute Gasteiger partial charge is 0.334 e. The highest BCUT2D eigenvalue weighted by molar-refractivity contribution is 5.94. The molecule has 0 unspecified atom stereocenters. The highest BCUT2D eigenvalue weighted by Crippen LogP contribution is 2.56. The average Bonchev–Trinajstić information content (AvgIpc) is 2.95. The SMILES string of the molecule is C=C1C(=O)O[C@H]2[C@@H]1CC[C@@H](COC(=O)C(C)C)[C@H]1CCC(=O)[C@]12C. The standard InChI is InChI=1S/C19H26O5/c1-10(2)17(21)23-9-12-5-6-13-11(3)18(22)24-16(13)19(4)14(12)7-8-15(19)20/h10,12-14,16H,3,5-9H2,1-2,4H3/t12-,13+,14+,16-,19-/m0/s1. The predicted molar refractivity (Wildman–Crippen MR) is 86.9 cm³/mol. The van der Waals surface area contributed by atoms with Crippen molar-refractivity contribution in [3.8, 4) is 0 Å². The van der Waals surface area contributed by atoms with Crippen molar-refractivity contribution in [2.45, 2.75) is 52.6 Å². The Morgan fingerprint density at radius 3 is 2.71 bits per heavy atom. The molecule has 0 aromatic heterocycles. The summed E-state index contributed by atoms with van der Waals surface area (Å²) in [5.74, 6) is -0.465. The van der Waals surface area contributed by atoms with Crippen molar-refractivity contribution in [2.75, 3.05) is 6.61 Å². The van der Waals surface area contributed by atoms with E-state index in [9.17, 15) is 14.4 Å². The molecule has 0 radical (unpaired) electrons. The van der Waals surface area contributed by atoms with Gasteiger partial charge in [0.2, 0.25) is 0 Å². The average molecular weight is 334 g/mol. The molecule has 132 valence electrons. The molecule has 5 atom stereocenters. The Hall–Kier alpha value is -1.65. The third-order valence-corrected chi connectivity index (χ3v) is 6.28. The van der Waals surface area contributed by atoms with Crippen LogP contribution < -0.4 is 0 Å². The van der Waals surface area contributed by atoms with Crippen molar-refractivity contribution in [3.63, 3.8) is 0 Å². The number of carbonyl (C=O) groups is 3. The van der Waals surface area contributed by atoms with Gasteiger partial charge in [-0.25, -0.2) is 4.79 Å². The molecule has 5 nitrogen and oxygen atoms in total. The van der Waals surface area contributed by atoms with E-state index in [4.69, 9.17) is 9.47 Å². The molecule has 3 rings (SSSR count). The van der Waals surface area contributed by atoms with Crippen LogP contribution in [0.5, 0.6) is 0 Å². The van der Waals surface area contributed by atoms with E-state index in [1.54, 1.807) is 0 Å². The van der Waals surface area contributed by atoms with E-state index >= 15 is 0 Å². The maximum atomic E-state index is 12.7. The maximum Gasteiger partial charge on any atom is 0.334 e. The Balaban J connectivity index is 1.86. The first-order valence-corrected chi connectivity index (χ1v) is 8.86. The molecular formula is C19H26O5. The van der Waals surface area contributed by atoms with Crippen LogP contribution in [0.25, 0.3) is 0 Å². The Kier molecular flexibility index (Phi) is 4.30. The lowest BCUT2D eigenvalue weighted by Crippen LogP contribution is -2.45. The van der Waals surface area contributed by atoms with E-state index in [0.717, 1.165) is 19.3 Å². The summed E-state index contributed by atoms with van der Waals surface area (Å²) in [5, 5.41) is 0. The quantitative estimate of drug-likeness (QED) is 0.586. The van der Waals surface area contributed by atoms with Crippen molar-refractivity contribution < 1.29 is 23.9 Å². The summed E-state index contributed by atoms with van der Waals surface area (Å²) in [7, 11) is 0. The van der Waals surface area contributed by atoms with Crippen LogP contribution in [0.4, 0.5) is 0 Å². The maximum absolute atomic E-state index is 12.7. The van der Waals surface area contributed by atoms with Gasteiger partial charge in [-0.15, -0.1) is 0 Å². The monoisotopic (exact) mass is 334 g/mol. The molecule has 1 heterocycles. The number of carbonyl (C=O) groups excluding carboxylic acids is 3. The normalized spacial score (nSPS) is 38.6. The van der Waals surface area contributed by atoms with Gasteiger partial charge in [0.15, 0.2) is 0 Å². The predicted octanol–water partition coefficient (Wildman–Crippen LogP) is 2.68. The van der Waals surface area contributed by atoms with E-state index in [0.29, 0.717) is 18.6 Å². The van der Waals surface area contributed by atoms with Gasteiger partial charge in [-0.05, 0) is 38.0 Å². The van der Waals surface area contributed by atoms with E-state index in [1.165, 1.54) is 0 Å². The van der Waals surface area contributed by atoms with Gasteiger partial charge in [0.05, 0.1) is 17.9 Å². The Labute approximate surface area is 142 Å². The third-order valence-electron chi connectivity index (χ3n) is 6.28. The molecule has 2 aliphatic carbocycles. The fourth-order valence-electron chi connectivity index (χ4n) is 4.78. The molecule has 1 saturated heterocycles. The summed E-state index contributed by atoms with van der Waals surface area (Å²) in [6.45, 7) is 9.77. The van der Waals surface area contributed by atoms with Gasteiger partial charge >= 0.3 is 11.9 Å². The summed E-state index contributed by atoms with van der Waals surface area (Å²) < 4.78 is 11.1. The van der Waals surface area contributed by atoms with Crippen LogP contribution >= 0.6 is 0 Å². The topological polar surface area (TPSA) is 69.7 Å². The van der Waals surface area contributed by atoms with E-state index in [-0.39, 0.29) is 41.4 Å². The fraction of sp³-hybridized carbons (Fsp3) is 0.737. The number of ether oxygens (including phenoxy) is 2. The zero-order valence-electron chi connectivity index (χ0n) is 14.7. The number of fused-ring (bicyclic) bond motifs is 3. The fourth-order valence-corrected chi connectivity index (χ4v) is 4.78. The number of esters is 2. The molecule has 5 heteroatoms. The minimum absolute atomic E-state index is 0.0821. The summed E-state index contributed by atoms with van der Waals surface area (Å²) in [6, 6.07) is 0. The Bertz CT molecular complexity index is 593. The van der Waals surface area contributed by atoms with E-state index < -0.39 is 11.5 Å². The third kappa shape index (κ3) is 2.49. The number of hydrogen-bond acceptors (Lipinski definition) is 5. The van der Waals surface area contributed by atoms with Gasteiger partial charge < -0.3 is 9.47 Å². The molecular weight excluding hydrogens is 308 g/mol. The molecule has 0 spiro atoms. The molecule has 0 N–H and O–H groups in total. The number of Topliss-reactive ketones (excluding diaryl/α,β-unsaturated/α-hetero) is 1. The Morgan fingerprint density at radius 1 is 1.33 bits per heavy atom. The first-order chi connectivity index (χ1) is 11.3. The van der Waals surface area contributed by atoms with Gasteiger partial charge in [-0.1, -0.05) is 20.4 Å². The number of hydrogen-bond donors (Lipinski definition) is 0. The summed E-state index contributed by atoms with van der Waals surface area (Å²) in [5.41, 5.74) is -0.204. The minimum atomic E-state index is -0.689. The second-order valence-corrected chi connectivity index (χ2v) is 7.93. The first-order valence-electron chi connectivity index (χ1n) is 8.86. The van der Waals surface area contributed by atoms with Crippen LogP contribution in [-0.2, 0) is 23.9 Å². The molecule has 3 aliphatic rings. The lowest BCUT2D eigenvalue weighted by Gasteiger charge is -2.37. The van der Waals surface area contributed by atoms with Crippen LogP contribution in [0.3, 0.4) is 0 Å². The number of ketones is 1. The van der Waals surface area contributed by atoms with Gasteiger partial charge in [0.1, 0.15) is 11.9 Å². The van der Waals surface area contributed by atoms with Crippen molar-refractivity contribution in [1.29, 1.82) is 0 Å². The van der Waals surface area contributed by atoms with Crippen LogP contribution in [0.15, 0.2) is 12.2 Å². The van der Waals surface area contributed by atoms with E-state index in [2.05, 4.69) is 6.58 Å². The van der Waals surface area contributed by atoms with Crippen molar-refractivity contribution >= 4 is 17.7 Å². The molecule has 2 saturated carbocycles. The van der Waals surface area contributed by atoms with Crippen molar-refractivity contribution in [2.24, 2.45) is 29.1 Å². The largest absolute Gasteiger partial charge is 0.465 e. The second kappa shape index (κ2) is 6.01. The second-order valence-electron chi connectivity index (χ2n) is 7.93. The van der Waals surface area contributed by atoms with Crippen LogP contribution in [0, 0.1) is 29.1 Å². The molecule has 0 amide bonds. The Morgan fingerprint density at radius 2 is 2.04 bits per heavy atom.